The third-order valence-electron chi connectivity index (χ3n) is 4.80. The van der Waals surface area contributed by atoms with Gasteiger partial charge in [0, 0.05) is 18.9 Å². The van der Waals surface area contributed by atoms with Crippen LogP contribution in [-0.2, 0) is 16.0 Å². The first-order chi connectivity index (χ1) is 11.7. The molecule has 0 spiro atoms. The summed E-state index contributed by atoms with van der Waals surface area (Å²) in [6.07, 6.45) is 5.16. The zero-order valence-corrected chi connectivity index (χ0v) is 15.3. The lowest BCUT2D eigenvalue weighted by atomic mass is 10.0. The Morgan fingerprint density at radius 3 is 2.56 bits per heavy atom. The van der Waals surface area contributed by atoms with Crippen molar-refractivity contribution in [2.45, 2.75) is 50.6 Å². The number of benzene rings is 1. The van der Waals surface area contributed by atoms with E-state index in [9.17, 15) is 9.59 Å². The molecule has 6 heteroatoms. The van der Waals surface area contributed by atoms with Gasteiger partial charge in [-0.25, -0.2) is 0 Å². The molecule has 2 fully saturated rings. The van der Waals surface area contributed by atoms with Crippen molar-refractivity contribution in [3.05, 3.63) is 35.9 Å². The zero-order valence-electron chi connectivity index (χ0n) is 14.5. The first-order valence-corrected chi connectivity index (χ1v) is 9.05. The highest BCUT2D eigenvalue weighted by atomic mass is 35.5. The van der Waals surface area contributed by atoms with Gasteiger partial charge >= 0.3 is 0 Å². The summed E-state index contributed by atoms with van der Waals surface area (Å²) in [5.74, 6) is 0.509. The van der Waals surface area contributed by atoms with Crippen molar-refractivity contribution in [1.82, 2.24) is 16.0 Å². The molecule has 1 heterocycles. The molecule has 0 radical (unpaired) electrons. The molecular weight excluding hydrogens is 338 g/mol. The van der Waals surface area contributed by atoms with E-state index in [1.807, 2.05) is 30.3 Å². The van der Waals surface area contributed by atoms with Crippen LogP contribution in [0.25, 0.3) is 0 Å². The van der Waals surface area contributed by atoms with Gasteiger partial charge in [0.05, 0.1) is 0 Å². The number of carbonyl (C=O) groups is 2. The molecule has 1 saturated heterocycles. The molecule has 25 heavy (non-hydrogen) atoms. The fraction of sp³-hybridized carbons (Fsp3) is 0.579. The first kappa shape index (κ1) is 19.7. The number of carbonyl (C=O) groups excluding carboxylic acids is 2. The minimum Gasteiger partial charge on any atom is -0.352 e. The van der Waals surface area contributed by atoms with Crippen molar-refractivity contribution >= 4 is 24.2 Å². The highest BCUT2D eigenvalue weighted by molar-refractivity contribution is 5.88. The van der Waals surface area contributed by atoms with Gasteiger partial charge in [-0.05, 0) is 50.3 Å². The summed E-state index contributed by atoms with van der Waals surface area (Å²) in [6, 6.07) is 9.68. The van der Waals surface area contributed by atoms with E-state index in [4.69, 9.17) is 0 Å². The van der Waals surface area contributed by atoms with E-state index >= 15 is 0 Å². The standard InChI is InChI=1S/C19H27N3O2.ClH/c23-18(9-6-15-10-11-20-13-15)22-17(19(24)21-16-7-8-16)12-14-4-2-1-3-5-14;/h1-5,15-17,20H,6-13H2,(H,21,24)(H,22,23);1H. The number of halogens is 1. The summed E-state index contributed by atoms with van der Waals surface area (Å²) in [6.45, 7) is 2.05. The lowest BCUT2D eigenvalue weighted by Gasteiger charge is -2.19. The van der Waals surface area contributed by atoms with E-state index in [0.29, 0.717) is 24.8 Å². The summed E-state index contributed by atoms with van der Waals surface area (Å²) >= 11 is 0. The largest absolute Gasteiger partial charge is 0.352 e. The Kier molecular flexibility index (Phi) is 7.72. The molecule has 2 atom stereocenters. The van der Waals surface area contributed by atoms with Crippen molar-refractivity contribution < 1.29 is 9.59 Å². The van der Waals surface area contributed by atoms with E-state index in [-0.39, 0.29) is 24.2 Å². The van der Waals surface area contributed by atoms with Gasteiger partial charge in [0.15, 0.2) is 0 Å². The van der Waals surface area contributed by atoms with Gasteiger partial charge in [-0.15, -0.1) is 12.4 Å². The predicted molar refractivity (Wildman–Crippen MR) is 101 cm³/mol. The number of hydrogen-bond acceptors (Lipinski definition) is 3. The van der Waals surface area contributed by atoms with Crippen LogP contribution in [0.1, 0.15) is 37.7 Å². The Hall–Kier alpha value is -1.59. The summed E-state index contributed by atoms with van der Waals surface area (Å²) in [7, 11) is 0. The van der Waals surface area contributed by atoms with Gasteiger partial charge in [0.1, 0.15) is 6.04 Å². The number of amides is 2. The molecule has 0 bridgehead atoms. The van der Waals surface area contributed by atoms with Crippen LogP contribution in [0, 0.1) is 5.92 Å². The summed E-state index contributed by atoms with van der Waals surface area (Å²) < 4.78 is 0. The topological polar surface area (TPSA) is 70.2 Å². The van der Waals surface area contributed by atoms with Gasteiger partial charge in [-0.1, -0.05) is 30.3 Å². The summed E-state index contributed by atoms with van der Waals surface area (Å²) in [5.41, 5.74) is 1.06. The molecule has 1 aliphatic carbocycles. The Balaban J connectivity index is 0.00000225. The van der Waals surface area contributed by atoms with Crippen molar-refractivity contribution in [3.8, 4) is 0 Å². The number of nitrogens with one attached hydrogen (secondary N) is 3. The van der Waals surface area contributed by atoms with Crippen molar-refractivity contribution in [2.75, 3.05) is 13.1 Å². The van der Waals surface area contributed by atoms with Crippen LogP contribution >= 0.6 is 12.4 Å². The average Bonchev–Trinajstić information content (AvgIpc) is 3.24. The fourth-order valence-corrected chi connectivity index (χ4v) is 3.15. The number of rotatable bonds is 8. The van der Waals surface area contributed by atoms with Gasteiger partial charge in [0.25, 0.3) is 0 Å². The minimum absolute atomic E-state index is 0. The normalized spacial score (nSPS) is 20.4. The molecule has 2 amide bonds. The molecule has 3 N–H and O–H groups in total. The highest BCUT2D eigenvalue weighted by Gasteiger charge is 2.28. The third-order valence-corrected chi connectivity index (χ3v) is 4.80. The monoisotopic (exact) mass is 365 g/mol. The Morgan fingerprint density at radius 1 is 1.16 bits per heavy atom. The summed E-state index contributed by atoms with van der Waals surface area (Å²) in [5, 5.41) is 9.28. The number of hydrogen-bond donors (Lipinski definition) is 3. The van der Waals surface area contributed by atoms with Crippen molar-refractivity contribution in [1.29, 1.82) is 0 Å². The molecule has 1 aliphatic heterocycles. The van der Waals surface area contributed by atoms with Gasteiger partial charge in [-0.2, -0.15) is 0 Å². The molecule has 5 nitrogen and oxygen atoms in total. The Bertz CT molecular complexity index is 557. The van der Waals surface area contributed by atoms with Gasteiger partial charge in [0.2, 0.25) is 11.8 Å². The van der Waals surface area contributed by atoms with Gasteiger partial charge < -0.3 is 16.0 Å². The lowest BCUT2D eigenvalue weighted by Crippen LogP contribution is -2.48. The predicted octanol–water partition coefficient (Wildman–Crippen LogP) is 1.80. The quantitative estimate of drug-likeness (QED) is 0.658. The molecule has 2 unspecified atom stereocenters. The molecule has 138 valence electrons. The first-order valence-electron chi connectivity index (χ1n) is 9.05. The van der Waals surface area contributed by atoms with Crippen LogP contribution in [0.2, 0.25) is 0 Å². The van der Waals surface area contributed by atoms with Crippen molar-refractivity contribution in [3.63, 3.8) is 0 Å². The van der Waals surface area contributed by atoms with Crippen LogP contribution in [0.15, 0.2) is 30.3 Å². The van der Waals surface area contributed by atoms with E-state index in [1.165, 1.54) is 0 Å². The molecule has 0 aromatic heterocycles. The van der Waals surface area contributed by atoms with Crippen LogP contribution in [0.3, 0.4) is 0 Å². The maximum absolute atomic E-state index is 12.5. The molecule has 2 aliphatic rings. The van der Waals surface area contributed by atoms with Crippen LogP contribution in [0.5, 0.6) is 0 Å². The molecule has 1 aromatic rings. The van der Waals surface area contributed by atoms with Crippen LogP contribution in [-0.4, -0.2) is 37.0 Å². The van der Waals surface area contributed by atoms with E-state index < -0.39 is 6.04 Å². The van der Waals surface area contributed by atoms with E-state index in [2.05, 4.69) is 16.0 Å². The average molecular weight is 366 g/mol. The minimum atomic E-state index is -0.484. The van der Waals surface area contributed by atoms with Crippen LogP contribution < -0.4 is 16.0 Å². The fourth-order valence-electron chi connectivity index (χ4n) is 3.15. The Labute approximate surface area is 155 Å². The molecule has 3 rings (SSSR count). The third kappa shape index (κ3) is 6.67. The molecule has 1 aromatic carbocycles. The van der Waals surface area contributed by atoms with Crippen molar-refractivity contribution in [2.24, 2.45) is 5.92 Å². The Morgan fingerprint density at radius 2 is 1.92 bits per heavy atom. The van der Waals surface area contributed by atoms with E-state index in [1.54, 1.807) is 0 Å². The second kappa shape index (κ2) is 9.78. The van der Waals surface area contributed by atoms with E-state index in [0.717, 1.165) is 44.3 Å². The second-order valence-corrected chi connectivity index (χ2v) is 6.99. The van der Waals surface area contributed by atoms with Gasteiger partial charge in [-0.3, -0.25) is 9.59 Å². The van der Waals surface area contributed by atoms with Crippen LogP contribution in [0.4, 0.5) is 0 Å². The maximum atomic E-state index is 12.5. The maximum Gasteiger partial charge on any atom is 0.243 e. The lowest BCUT2D eigenvalue weighted by molar-refractivity contribution is -0.129. The SMILES string of the molecule is Cl.O=C(CCC1CCNC1)NC(Cc1ccccc1)C(=O)NC1CC1. The zero-order chi connectivity index (χ0) is 16.8. The molecular formula is C19H28ClN3O2. The summed E-state index contributed by atoms with van der Waals surface area (Å²) in [4.78, 5) is 24.8. The highest BCUT2D eigenvalue weighted by Crippen LogP contribution is 2.19. The molecule has 1 saturated carbocycles. The smallest absolute Gasteiger partial charge is 0.243 e. The second-order valence-electron chi connectivity index (χ2n) is 6.99.